The number of pyridine rings is 1. The number of hydrogen-bond acceptors (Lipinski definition) is 4. The molecule has 0 saturated carbocycles. The molecule has 3 heterocycles. The number of furan rings is 1. The van der Waals surface area contributed by atoms with Gasteiger partial charge in [-0.2, -0.15) is 0 Å². The molecule has 1 saturated heterocycles. The molecule has 0 aliphatic carbocycles. The number of likely N-dealkylation sites (tertiary alicyclic amines) is 1. The van der Waals surface area contributed by atoms with Gasteiger partial charge in [0.05, 0.1) is 5.02 Å². The van der Waals surface area contributed by atoms with Gasteiger partial charge in [0.25, 0.3) is 5.91 Å². The van der Waals surface area contributed by atoms with E-state index in [-0.39, 0.29) is 17.7 Å². The Morgan fingerprint density at radius 3 is 2.66 bits per heavy atom. The molecule has 0 unspecified atom stereocenters. The van der Waals surface area contributed by atoms with Gasteiger partial charge in [0.15, 0.2) is 11.3 Å². The number of benzene rings is 1. The van der Waals surface area contributed by atoms with E-state index in [1.165, 1.54) is 0 Å². The number of nitrogens with one attached hydrogen (secondary N) is 1. The van der Waals surface area contributed by atoms with Gasteiger partial charge in [-0.25, -0.2) is 4.98 Å². The number of carbonyl (C=O) groups is 2. The van der Waals surface area contributed by atoms with E-state index in [0.717, 1.165) is 16.5 Å². The Bertz CT molecular complexity index is 1080. The highest BCUT2D eigenvalue weighted by Crippen LogP contribution is 2.32. The Labute approximate surface area is 173 Å². The van der Waals surface area contributed by atoms with Crippen LogP contribution in [0.1, 0.15) is 34.5 Å². The number of piperidine rings is 1. The highest BCUT2D eigenvalue weighted by molar-refractivity contribution is 6.35. The first-order chi connectivity index (χ1) is 13.9. The fourth-order valence-corrected chi connectivity index (χ4v) is 3.95. The van der Waals surface area contributed by atoms with Gasteiger partial charge in [0.2, 0.25) is 5.91 Å². The lowest BCUT2D eigenvalue weighted by molar-refractivity contribution is -0.121. The second-order valence-corrected chi connectivity index (χ2v) is 7.85. The van der Waals surface area contributed by atoms with Crippen LogP contribution in [0.5, 0.6) is 0 Å². The Morgan fingerprint density at radius 2 is 1.97 bits per heavy atom. The molecule has 1 aromatic carbocycles. The van der Waals surface area contributed by atoms with Gasteiger partial charge in [0.1, 0.15) is 5.82 Å². The smallest absolute Gasteiger partial charge is 0.289 e. The number of carbonyl (C=O) groups excluding carboxylic acids is 2. The largest absolute Gasteiger partial charge is 0.449 e. The van der Waals surface area contributed by atoms with Crippen LogP contribution in [0.15, 0.2) is 40.9 Å². The molecule has 2 aromatic heterocycles. The van der Waals surface area contributed by atoms with E-state index in [2.05, 4.69) is 10.3 Å². The lowest BCUT2D eigenvalue weighted by atomic mass is 9.95. The van der Waals surface area contributed by atoms with Crippen molar-refractivity contribution in [2.75, 3.05) is 18.4 Å². The van der Waals surface area contributed by atoms with E-state index in [4.69, 9.17) is 16.0 Å². The molecule has 0 atom stereocenters. The van der Waals surface area contributed by atoms with E-state index < -0.39 is 0 Å². The first-order valence-corrected chi connectivity index (χ1v) is 10.0. The molecule has 4 rings (SSSR count). The maximum atomic E-state index is 13.0. The molecule has 0 radical (unpaired) electrons. The quantitative estimate of drug-likeness (QED) is 0.684. The molecule has 7 heteroatoms. The normalized spacial score (nSPS) is 14.9. The van der Waals surface area contributed by atoms with Gasteiger partial charge in [-0.05, 0) is 50.5 Å². The van der Waals surface area contributed by atoms with Crippen molar-refractivity contribution in [2.24, 2.45) is 5.92 Å². The fourth-order valence-electron chi connectivity index (χ4n) is 3.73. The number of hydrogen-bond donors (Lipinski definition) is 1. The second kappa shape index (κ2) is 7.87. The zero-order chi connectivity index (χ0) is 20.5. The molecule has 150 valence electrons. The molecule has 1 N–H and O–H groups in total. The molecule has 2 amide bonds. The summed E-state index contributed by atoms with van der Waals surface area (Å²) in [5, 5.41) is 4.21. The van der Waals surface area contributed by atoms with Crippen molar-refractivity contribution in [1.82, 2.24) is 9.88 Å². The molecule has 3 aromatic rings. The van der Waals surface area contributed by atoms with Crippen molar-refractivity contribution in [3.05, 3.63) is 58.4 Å². The Morgan fingerprint density at radius 1 is 1.21 bits per heavy atom. The number of nitrogens with zero attached hydrogens (tertiary/aromatic N) is 2. The van der Waals surface area contributed by atoms with Crippen LogP contribution in [0.3, 0.4) is 0 Å². The van der Waals surface area contributed by atoms with Gasteiger partial charge < -0.3 is 14.6 Å². The van der Waals surface area contributed by atoms with E-state index >= 15 is 0 Å². The Hall–Kier alpha value is -2.86. The maximum Gasteiger partial charge on any atom is 0.289 e. The van der Waals surface area contributed by atoms with Gasteiger partial charge in [-0.15, -0.1) is 0 Å². The van der Waals surface area contributed by atoms with Crippen molar-refractivity contribution >= 4 is 40.2 Å². The zero-order valence-electron chi connectivity index (χ0n) is 16.4. The molecule has 1 aliphatic heterocycles. The monoisotopic (exact) mass is 411 g/mol. The summed E-state index contributed by atoms with van der Waals surface area (Å²) in [4.78, 5) is 31.5. The summed E-state index contributed by atoms with van der Waals surface area (Å²) in [6, 6.07) is 9.20. The second-order valence-electron chi connectivity index (χ2n) is 7.45. The minimum atomic E-state index is -0.158. The van der Waals surface area contributed by atoms with Crippen LogP contribution in [-0.4, -0.2) is 34.8 Å². The molecule has 0 spiro atoms. The van der Waals surface area contributed by atoms with E-state index in [9.17, 15) is 9.59 Å². The lowest BCUT2D eigenvalue weighted by Gasteiger charge is -2.30. The summed E-state index contributed by atoms with van der Waals surface area (Å²) in [5.41, 5.74) is 2.37. The number of para-hydroxylation sites is 1. The van der Waals surface area contributed by atoms with E-state index in [1.54, 1.807) is 17.2 Å². The molecular formula is C22H22ClN3O3. The van der Waals surface area contributed by atoms with Crippen LogP contribution in [0.4, 0.5) is 5.82 Å². The van der Waals surface area contributed by atoms with Crippen LogP contribution in [0.2, 0.25) is 5.02 Å². The Balaban J connectivity index is 1.42. The molecule has 29 heavy (non-hydrogen) atoms. The predicted octanol–water partition coefficient (Wildman–Crippen LogP) is 4.59. The van der Waals surface area contributed by atoms with Crippen molar-refractivity contribution in [1.29, 1.82) is 0 Å². The highest BCUT2D eigenvalue weighted by atomic mass is 35.5. The van der Waals surface area contributed by atoms with Gasteiger partial charge in [-0.1, -0.05) is 23.7 Å². The third-order valence-electron chi connectivity index (χ3n) is 5.43. The highest BCUT2D eigenvalue weighted by Gasteiger charge is 2.30. The minimum absolute atomic E-state index is 0.0538. The van der Waals surface area contributed by atoms with Crippen LogP contribution >= 0.6 is 11.6 Å². The first-order valence-electron chi connectivity index (χ1n) is 9.64. The number of fused-ring (bicyclic) bond motifs is 1. The number of anilines is 1. The van der Waals surface area contributed by atoms with Crippen LogP contribution < -0.4 is 5.32 Å². The summed E-state index contributed by atoms with van der Waals surface area (Å²) in [7, 11) is 0. The molecule has 1 aliphatic rings. The first kappa shape index (κ1) is 19.5. The number of halogens is 1. The lowest BCUT2D eigenvalue weighted by Crippen LogP contribution is -2.41. The van der Waals surface area contributed by atoms with Crippen LogP contribution in [0.25, 0.3) is 11.0 Å². The number of rotatable bonds is 3. The van der Waals surface area contributed by atoms with Crippen molar-refractivity contribution in [3.63, 3.8) is 0 Å². The topological polar surface area (TPSA) is 75.4 Å². The fraction of sp³-hybridized carbons (Fsp3) is 0.318. The average molecular weight is 412 g/mol. The van der Waals surface area contributed by atoms with E-state index in [1.807, 2.05) is 38.1 Å². The average Bonchev–Trinajstić information content (AvgIpc) is 3.06. The van der Waals surface area contributed by atoms with E-state index in [0.29, 0.717) is 48.1 Å². The number of amides is 2. The Kier molecular flexibility index (Phi) is 5.28. The molecular weight excluding hydrogens is 390 g/mol. The minimum Gasteiger partial charge on any atom is -0.449 e. The predicted molar refractivity (Wildman–Crippen MR) is 112 cm³/mol. The molecule has 0 bridgehead atoms. The summed E-state index contributed by atoms with van der Waals surface area (Å²) < 4.78 is 5.80. The SMILES string of the molecule is Cc1ccnc(NC(=O)C2CCN(C(=O)c3oc4c(Cl)cccc4c3C)CC2)c1. The third kappa shape index (κ3) is 3.85. The van der Waals surface area contributed by atoms with Crippen LogP contribution in [-0.2, 0) is 4.79 Å². The van der Waals surface area contributed by atoms with Gasteiger partial charge in [-0.3, -0.25) is 9.59 Å². The number of aromatic nitrogens is 1. The summed E-state index contributed by atoms with van der Waals surface area (Å²) in [6.07, 6.45) is 2.88. The van der Waals surface area contributed by atoms with Crippen molar-refractivity contribution < 1.29 is 14.0 Å². The van der Waals surface area contributed by atoms with Gasteiger partial charge in [0, 0.05) is 36.2 Å². The van der Waals surface area contributed by atoms with Gasteiger partial charge >= 0.3 is 0 Å². The molecule has 6 nitrogen and oxygen atoms in total. The third-order valence-corrected chi connectivity index (χ3v) is 5.73. The maximum absolute atomic E-state index is 13.0. The van der Waals surface area contributed by atoms with Crippen molar-refractivity contribution in [2.45, 2.75) is 26.7 Å². The standard InChI is InChI=1S/C22H22ClN3O3/c1-13-6-9-24-18(12-13)25-21(27)15-7-10-26(11-8-15)22(28)19-14(2)16-4-3-5-17(23)20(16)29-19/h3-6,9,12,15H,7-8,10-11H2,1-2H3,(H,24,25,27). The zero-order valence-corrected chi connectivity index (χ0v) is 17.1. The summed E-state index contributed by atoms with van der Waals surface area (Å²) >= 11 is 6.19. The summed E-state index contributed by atoms with van der Waals surface area (Å²) in [5.74, 6) is 0.520. The molecule has 1 fully saturated rings. The summed E-state index contributed by atoms with van der Waals surface area (Å²) in [6.45, 7) is 4.82. The van der Waals surface area contributed by atoms with Crippen LogP contribution in [0, 0.1) is 19.8 Å². The number of aryl methyl sites for hydroxylation is 2. The van der Waals surface area contributed by atoms with Crippen molar-refractivity contribution in [3.8, 4) is 0 Å².